The first-order valence-electron chi connectivity index (χ1n) is 9.78. The van der Waals surface area contributed by atoms with Gasteiger partial charge in [-0.1, -0.05) is 12.1 Å². The fraction of sp³-hybridized carbons (Fsp3) is 0.273. The topological polar surface area (TPSA) is 87.7 Å². The highest BCUT2D eigenvalue weighted by molar-refractivity contribution is 5.94. The van der Waals surface area contributed by atoms with Crippen molar-refractivity contribution in [2.24, 2.45) is 0 Å². The Labute approximate surface area is 174 Å². The third-order valence-electron chi connectivity index (χ3n) is 5.16. The highest BCUT2D eigenvalue weighted by Gasteiger charge is 2.23. The summed E-state index contributed by atoms with van der Waals surface area (Å²) in [7, 11) is 1.50. The fourth-order valence-electron chi connectivity index (χ4n) is 3.46. The number of ether oxygens (including phenoxy) is 1. The van der Waals surface area contributed by atoms with E-state index in [9.17, 15) is 9.59 Å². The molecule has 1 aliphatic heterocycles. The molecule has 154 valence electrons. The van der Waals surface area contributed by atoms with Gasteiger partial charge < -0.3 is 14.5 Å². The molecule has 30 heavy (non-hydrogen) atoms. The lowest BCUT2D eigenvalue weighted by Crippen LogP contribution is -2.50. The van der Waals surface area contributed by atoms with Crippen LogP contribution >= 0.6 is 0 Å². The largest absolute Gasteiger partial charge is 0.478 e. The number of rotatable bonds is 4. The molecule has 1 fully saturated rings. The summed E-state index contributed by atoms with van der Waals surface area (Å²) in [6.07, 6.45) is 0. The van der Waals surface area contributed by atoms with Crippen molar-refractivity contribution in [2.45, 2.75) is 6.92 Å². The van der Waals surface area contributed by atoms with Gasteiger partial charge in [-0.3, -0.25) is 10.1 Å². The van der Waals surface area contributed by atoms with Gasteiger partial charge in [-0.25, -0.2) is 14.8 Å². The maximum atomic E-state index is 12.8. The minimum absolute atomic E-state index is 0.0512. The summed E-state index contributed by atoms with van der Waals surface area (Å²) in [5.41, 5.74) is 3.13. The van der Waals surface area contributed by atoms with Crippen LogP contribution in [0.2, 0.25) is 0 Å². The SMILES string of the molecule is COc1nc2ccccc2nc1NC(=O)N1CCN(c2ccc(C(C)=O)cc2)CC1. The van der Waals surface area contributed by atoms with Crippen molar-refractivity contribution in [1.29, 1.82) is 0 Å². The van der Waals surface area contributed by atoms with Crippen LogP contribution < -0.4 is 15.0 Å². The smallest absolute Gasteiger partial charge is 0.323 e. The number of methoxy groups -OCH3 is 1. The Morgan fingerprint density at radius 2 is 1.57 bits per heavy atom. The van der Waals surface area contributed by atoms with Crippen molar-refractivity contribution >= 4 is 34.4 Å². The number of carbonyl (C=O) groups is 2. The molecule has 8 heteroatoms. The highest BCUT2D eigenvalue weighted by Crippen LogP contribution is 2.24. The lowest BCUT2D eigenvalue weighted by Gasteiger charge is -2.36. The van der Waals surface area contributed by atoms with E-state index >= 15 is 0 Å². The molecule has 0 aliphatic carbocycles. The van der Waals surface area contributed by atoms with Crippen LogP contribution in [0.5, 0.6) is 5.88 Å². The number of urea groups is 1. The van der Waals surface area contributed by atoms with Crippen LogP contribution in [0.15, 0.2) is 48.5 Å². The van der Waals surface area contributed by atoms with E-state index in [4.69, 9.17) is 4.74 Å². The Bertz CT molecular complexity index is 1080. The lowest BCUT2D eigenvalue weighted by atomic mass is 10.1. The van der Waals surface area contributed by atoms with Gasteiger partial charge in [0.1, 0.15) is 0 Å². The molecule has 0 saturated carbocycles. The molecule has 1 saturated heterocycles. The molecule has 2 aromatic carbocycles. The average Bonchev–Trinajstić information content (AvgIpc) is 2.78. The van der Waals surface area contributed by atoms with Crippen molar-refractivity contribution in [3.63, 3.8) is 0 Å². The molecular weight excluding hydrogens is 382 g/mol. The fourth-order valence-corrected chi connectivity index (χ4v) is 3.46. The molecule has 1 N–H and O–H groups in total. The van der Waals surface area contributed by atoms with E-state index in [1.165, 1.54) is 7.11 Å². The Kier molecular flexibility index (Phi) is 5.47. The van der Waals surface area contributed by atoms with E-state index in [1.54, 1.807) is 11.8 Å². The molecule has 2 heterocycles. The normalized spacial score (nSPS) is 13.9. The van der Waals surface area contributed by atoms with Crippen molar-refractivity contribution in [3.05, 3.63) is 54.1 Å². The van der Waals surface area contributed by atoms with Gasteiger partial charge in [0, 0.05) is 37.4 Å². The van der Waals surface area contributed by atoms with Crippen LogP contribution in [0.3, 0.4) is 0 Å². The molecule has 0 spiro atoms. The number of piperazine rings is 1. The predicted molar refractivity (Wildman–Crippen MR) is 115 cm³/mol. The second-order valence-corrected chi connectivity index (χ2v) is 7.08. The molecule has 1 aromatic heterocycles. The molecule has 8 nitrogen and oxygen atoms in total. The molecule has 4 rings (SSSR count). The lowest BCUT2D eigenvalue weighted by molar-refractivity contribution is 0.101. The number of amides is 2. The number of hydrogen-bond donors (Lipinski definition) is 1. The standard InChI is InChI=1S/C22H23N5O3/c1-15(28)16-7-9-17(10-8-16)26-11-13-27(14-12-26)22(29)25-20-21(30-2)24-19-6-4-3-5-18(19)23-20/h3-10H,11-14H2,1-2H3,(H,23,25,29). The van der Waals surface area contributed by atoms with Crippen LogP contribution in [0.1, 0.15) is 17.3 Å². The molecule has 3 aromatic rings. The summed E-state index contributed by atoms with van der Waals surface area (Å²) >= 11 is 0. The summed E-state index contributed by atoms with van der Waals surface area (Å²) in [5.74, 6) is 0.643. The quantitative estimate of drug-likeness (QED) is 0.671. The number of benzene rings is 2. The van der Waals surface area contributed by atoms with E-state index in [0.29, 0.717) is 48.6 Å². The molecule has 0 bridgehead atoms. The minimum Gasteiger partial charge on any atom is -0.478 e. The second-order valence-electron chi connectivity index (χ2n) is 7.08. The Hall–Kier alpha value is -3.68. The zero-order valence-electron chi connectivity index (χ0n) is 17.0. The summed E-state index contributed by atoms with van der Waals surface area (Å²) in [6, 6.07) is 14.8. The summed E-state index contributed by atoms with van der Waals surface area (Å²) < 4.78 is 5.30. The number of nitrogens with zero attached hydrogens (tertiary/aromatic N) is 4. The van der Waals surface area contributed by atoms with Crippen molar-refractivity contribution < 1.29 is 14.3 Å². The predicted octanol–water partition coefficient (Wildman–Crippen LogP) is 3.20. The molecule has 0 atom stereocenters. The zero-order valence-corrected chi connectivity index (χ0v) is 17.0. The highest BCUT2D eigenvalue weighted by atomic mass is 16.5. The van der Waals surface area contributed by atoms with Crippen LogP contribution in [-0.2, 0) is 0 Å². The monoisotopic (exact) mass is 405 g/mol. The van der Waals surface area contributed by atoms with Gasteiger partial charge >= 0.3 is 6.03 Å². The average molecular weight is 405 g/mol. The van der Waals surface area contributed by atoms with Gasteiger partial charge in [0.2, 0.25) is 0 Å². The number of anilines is 2. The van der Waals surface area contributed by atoms with Gasteiger partial charge in [-0.2, -0.15) is 0 Å². The molecular formula is C22H23N5O3. The number of ketones is 1. The molecule has 0 radical (unpaired) electrons. The maximum Gasteiger partial charge on any atom is 0.323 e. The first-order chi connectivity index (χ1) is 14.5. The van der Waals surface area contributed by atoms with Crippen LogP contribution in [-0.4, -0.2) is 60.0 Å². The van der Waals surface area contributed by atoms with Gasteiger partial charge in [-0.15, -0.1) is 0 Å². The Balaban J connectivity index is 1.41. The number of hydrogen-bond acceptors (Lipinski definition) is 6. The number of aromatic nitrogens is 2. The van der Waals surface area contributed by atoms with Crippen LogP contribution in [0, 0.1) is 0 Å². The van der Waals surface area contributed by atoms with Crippen LogP contribution in [0.25, 0.3) is 11.0 Å². The van der Waals surface area contributed by atoms with E-state index in [-0.39, 0.29) is 17.7 Å². The first-order valence-corrected chi connectivity index (χ1v) is 9.78. The third-order valence-corrected chi connectivity index (χ3v) is 5.16. The molecule has 1 aliphatic rings. The third kappa shape index (κ3) is 4.03. The Morgan fingerprint density at radius 1 is 0.933 bits per heavy atom. The number of para-hydroxylation sites is 2. The molecule has 2 amide bonds. The first kappa shape index (κ1) is 19.6. The van der Waals surface area contributed by atoms with Crippen LogP contribution in [0.4, 0.5) is 16.3 Å². The van der Waals surface area contributed by atoms with E-state index in [2.05, 4.69) is 20.2 Å². The van der Waals surface area contributed by atoms with Crippen molar-refractivity contribution in [2.75, 3.05) is 43.5 Å². The number of fused-ring (bicyclic) bond motifs is 1. The van der Waals surface area contributed by atoms with Gasteiger partial charge in [0.05, 0.1) is 18.1 Å². The minimum atomic E-state index is -0.232. The van der Waals surface area contributed by atoms with Gasteiger partial charge in [0.15, 0.2) is 11.6 Å². The summed E-state index contributed by atoms with van der Waals surface area (Å²) in [4.78, 5) is 37.0. The zero-order chi connectivity index (χ0) is 21.1. The van der Waals surface area contributed by atoms with Gasteiger partial charge in [0.25, 0.3) is 5.88 Å². The number of Topliss-reactive ketones (excluding diaryl/α,β-unsaturated/α-hetero) is 1. The van der Waals surface area contributed by atoms with E-state index in [0.717, 1.165) is 5.69 Å². The second kappa shape index (κ2) is 8.36. The maximum absolute atomic E-state index is 12.8. The van der Waals surface area contributed by atoms with E-state index in [1.807, 2.05) is 48.5 Å². The number of carbonyl (C=O) groups excluding carboxylic acids is 2. The van der Waals surface area contributed by atoms with Gasteiger partial charge in [-0.05, 0) is 43.3 Å². The summed E-state index contributed by atoms with van der Waals surface area (Å²) in [6.45, 7) is 4.11. The Morgan fingerprint density at radius 3 is 2.17 bits per heavy atom. The van der Waals surface area contributed by atoms with E-state index < -0.39 is 0 Å². The summed E-state index contributed by atoms with van der Waals surface area (Å²) in [5, 5.41) is 2.83. The van der Waals surface area contributed by atoms with Crippen molar-refractivity contribution in [1.82, 2.24) is 14.9 Å². The number of nitrogens with one attached hydrogen (secondary N) is 1. The molecule has 0 unspecified atom stereocenters. The van der Waals surface area contributed by atoms with Crippen molar-refractivity contribution in [3.8, 4) is 5.88 Å².